The topological polar surface area (TPSA) is 55.5 Å². The zero-order valence-electron chi connectivity index (χ0n) is 20.9. The second-order valence-electron chi connectivity index (χ2n) is 9.65. The van der Waals surface area contributed by atoms with Crippen LogP contribution in [-0.2, 0) is 9.59 Å². The van der Waals surface area contributed by atoms with Crippen LogP contribution in [0.2, 0.25) is 0 Å². The standard InChI is InChI=1S/C29H37N3O3/c1-2-3-4-8-22-35-26-15-13-25(14-16-26)32-28(33)23-27(29(32)34)31-20-18-30(19-21-31)17-9-12-24-10-6-5-7-11-24/h5-7,9-16,27H,2-4,8,17-23H2,1H3/p+2/b12-9+/t27-/m1/s1. The molecule has 2 aliphatic heterocycles. The predicted octanol–water partition coefficient (Wildman–Crippen LogP) is 1.77. The second kappa shape index (κ2) is 12.7. The molecular weight excluding hydrogens is 438 g/mol. The zero-order valence-corrected chi connectivity index (χ0v) is 20.9. The van der Waals surface area contributed by atoms with Gasteiger partial charge in [0, 0.05) is 0 Å². The summed E-state index contributed by atoms with van der Waals surface area (Å²) >= 11 is 0. The maximum absolute atomic E-state index is 13.2. The summed E-state index contributed by atoms with van der Waals surface area (Å²) in [6.07, 6.45) is 9.36. The van der Waals surface area contributed by atoms with Crippen LogP contribution in [0.4, 0.5) is 5.69 Å². The van der Waals surface area contributed by atoms with Crippen LogP contribution in [0.5, 0.6) is 5.75 Å². The van der Waals surface area contributed by atoms with Gasteiger partial charge in [0.1, 0.15) is 31.9 Å². The third kappa shape index (κ3) is 6.80. The van der Waals surface area contributed by atoms with Crippen LogP contribution in [-0.4, -0.2) is 57.2 Å². The Morgan fingerprint density at radius 1 is 0.943 bits per heavy atom. The minimum absolute atomic E-state index is 0.0642. The molecule has 1 atom stereocenters. The Balaban J connectivity index is 1.25. The molecule has 0 aliphatic carbocycles. The van der Waals surface area contributed by atoms with Gasteiger partial charge in [0.2, 0.25) is 5.91 Å². The van der Waals surface area contributed by atoms with Gasteiger partial charge < -0.3 is 14.5 Å². The first-order valence-corrected chi connectivity index (χ1v) is 13.1. The van der Waals surface area contributed by atoms with Crippen molar-refractivity contribution in [3.63, 3.8) is 0 Å². The van der Waals surface area contributed by atoms with Gasteiger partial charge in [-0.2, -0.15) is 0 Å². The molecule has 2 aliphatic rings. The van der Waals surface area contributed by atoms with Crippen molar-refractivity contribution in [3.05, 3.63) is 66.2 Å². The number of nitrogens with one attached hydrogen (secondary N) is 2. The lowest BCUT2D eigenvalue weighted by atomic mass is 10.1. The van der Waals surface area contributed by atoms with Crippen LogP contribution in [0.1, 0.15) is 44.6 Å². The van der Waals surface area contributed by atoms with Crippen LogP contribution in [0.3, 0.4) is 0 Å². The van der Waals surface area contributed by atoms with Gasteiger partial charge in [0.05, 0.1) is 25.3 Å². The molecule has 6 heteroatoms. The van der Waals surface area contributed by atoms with Gasteiger partial charge in [-0.15, -0.1) is 0 Å². The molecule has 2 aromatic carbocycles. The van der Waals surface area contributed by atoms with Gasteiger partial charge in [-0.05, 0) is 42.3 Å². The van der Waals surface area contributed by atoms with Crippen molar-refractivity contribution < 1.29 is 24.1 Å². The Bertz CT molecular complexity index is 982. The van der Waals surface area contributed by atoms with E-state index in [-0.39, 0.29) is 17.9 Å². The number of hydrogen-bond donors (Lipinski definition) is 2. The molecule has 0 radical (unpaired) electrons. The molecule has 6 nitrogen and oxygen atoms in total. The number of imide groups is 1. The lowest BCUT2D eigenvalue weighted by Crippen LogP contribution is -3.30. The number of carbonyl (C=O) groups is 2. The summed E-state index contributed by atoms with van der Waals surface area (Å²) in [4.78, 5) is 30.2. The van der Waals surface area contributed by atoms with Gasteiger partial charge in [-0.25, -0.2) is 4.90 Å². The first kappa shape index (κ1) is 25.1. The largest absolute Gasteiger partial charge is 0.494 e. The van der Waals surface area contributed by atoms with Crippen LogP contribution in [0.15, 0.2) is 60.7 Å². The number of quaternary nitrogens is 2. The molecule has 2 N–H and O–H groups in total. The lowest BCUT2D eigenvalue weighted by Gasteiger charge is -2.31. The van der Waals surface area contributed by atoms with Crippen LogP contribution < -0.4 is 19.4 Å². The summed E-state index contributed by atoms with van der Waals surface area (Å²) in [7, 11) is 0. The Kier molecular flexibility index (Phi) is 9.09. The van der Waals surface area contributed by atoms with E-state index in [1.165, 1.54) is 39.5 Å². The summed E-state index contributed by atoms with van der Waals surface area (Å²) in [5.41, 5.74) is 1.87. The van der Waals surface area contributed by atoms with Crippen molar-refractivity contribution in [3.8, 4) is 5.75 Å². The molecule has 0 bridgehead atoms. The number of anilines is 1. The van der Waals surface area contributed by atoms with E-state index in [0.717, 1.165) is 44.9 Å². The van der Waals surface area contributed by atoms with Crippen LogP contribution in [0, 0.1) is 0 Å². The first-order chi connectivity index (χ1) is 17.2. The zero-order chi connectivity index (χ0) is 24.5. The molecular formula is C29H39N3O3+2. The molecule has 2 fully saturated rings. The molecule has 2 amide bonds. The first-order valence-electron chi connectivity index (χ1n) is 13.1. The van der Waals surface area contributed by atoms with Crippen molar-refractivity contribution in [2.75, 3.05) is 44.2 Å². The number of carbonyl (C=O) groups excluding carboxylic acids is 2. The number of ether oxygens (including phenoxy) is 1. The summed E-state index contributed by atoms with van der Waals surface area (Å²) in [5.74, 6) is 0.624. The molecule has 4 rings (SSSR count). The number of hydrogen-bond acceptors (Lipinski definition) is 3. The number of unbranched alkanes of at least 4 members (excludes halogenated alkanes) is 3. The molecule has 2 saturated heterocycles. The molecule has 2 heterocycles. The molecule has 35 heavy (non-hydrogen) atoms. The van der Waals surface area contributed by atoms with E-state index < -0.39 is 0 Å². The third-order valence-electron chi connectivity index (χ3n) is 7.12. The number of amides is 2. The number of piperazine rings is 1. The summed E-state index contributed by atoms with van der Waals surface area (Å²) in [5, 5.41) is 0. The highest BCUT2D eigenvalue weighted by Crippen LogP contribution is 2.24. The normalized spacial score (nSPS) is 22.8. The quantitative estimate of drug-likeness (QED) is 0.383. The van der Waals surface area contributed by atoms with E-state index in [9.17, 15) is 9.59 Å². The molecule has 0 saturated carbocycles. The SMILES string of the molecule is CCCCCCOc1ccc(N2C(=O)C[C@@H]([NH+]3CC[NH+](C/C=C/c4ccccc4)CC3)C2=O)cc1. The predicted molar refractivity (Wildman–Crippen MR) is 139 cm³/mol. The van der Waals surface area contributed by atoms with E-state index in [2.05, 4.69) is 43.3 Å². The molecule has 0 spiro atoms. The third-order valence-corrected chi connectivity index (χ3v) is 7.12. The summed E-state index contributed by atoms with van der Waals surface area (Å²) < 4.78 is 5.80. The Morgan fingerprint density at radius 2 is 1.69 bits per heavy atom. The van der Waals surface area contributed by atoms with Crippen molar-refractivity contribution >= 4 is 23.6 Å². The lowest BCUT2D eigenvalue weighted by molar-refractivity contribution is -1.02. The van der Waals surface area contributed by atoms with E-state index >= 15 is 0 Å². The van der Waals surface area contributed by atoms with Gasteiger partial charge in [0.25, 0.3) is 5.91 Å². The summed E-state index contributed by atoms with van der Waals surface area (Å²) in [6.45, 7) is 7.72. The van der Waals surface area contributed by atoms with Crippen molar-refractivity contribution in [1.29, 1.82) is 0 Å². The molecule has 0 aromatic heterocycles. The van der Waals surface area contributed by atoms with Crippen molar-refractivity contribution in [2.45, 2.75) is 45.1 Å². The highest BCUT2D eigenvalue weighted by atomic mass is 16.5. The Labute approximate surface area is 209 Å². The number of nitrogens with zero attached hydrogens (tertiary/aromatic N) is 1. The van der Waals surface area contributed by atoms with Gasteiger partial charge in [0.15, 0.2) is 6.04 Å². The van der Waals surface area contributed by atoms with Gasteiger partial charge in [-0.3, -0.25) is 9.59 Å². The fourth-order valence-corrected chi connectivity index (χ4v) is 5.04. The minimum atomic E-state index is -0.265. The summed E-state index contributed by atoms with van der Waals surface area (Å²) in [6, 6.07) is 17.5. The number of rotatable bonds is 11. The Morgan fingerprint density at radius 3 is 2.40 bits per heavy atom. The molecule has 186 valence electrons. The average Bonchev–Trinajstić information content (AvgIpc) is 3.19. The maximum atomic E-state index is 13.2. The van der Waals surface area contributed by atoms with Crippen molar-refractivity contribution in [2.24, 2.45) is 0 Å². The van der Waals surface area contributed by atoms with Crippen LogP contribution >= 0.6 is 0 Å². The van der Waals surface area contributed by atoms with E-state index in [1.807, 2.05) is 30.3 Å². The Hall–Kier alpha value is -2.96. The second-order valence-corrected chi connectivity index (χ2v) is 9.65. The van der Waals surface area contributed by atoms with Crippen molar-refractivity contribution in [1.82, 2.24) is 0 Å². The van der Waals surface area contributed by atoms with Gasteiger partial charge >= 0.3 is 0 Å². The fourth-order valence-electron chi connectivity index (χ4n) is 5.04. The fraction of sp³-hybridized carbons (Fsp3) is 0.448. The highest BCUT2D eigenvalue weighted by molar-refractivity contribution is 6.21. The average molecular weight is 478 g/mol. The van der Waals surface area contributed by atoms with E-state index in [1.54, 1.807) is 0 Å². The van der Waals surface area contributed by atoms with E-state index in [0.29, 0.717) is 18.7 Å². The highest BCUT2D eigenvalue weighted by Gasteiger charge is 2.46. The number of benzene rings is 2. The molecule has 2 aromatic rings. The maximum Gasteiger partial charge on any atom is 0.292 e. The molecule has 0 unspecified atom stereocenters. The van der Waals surface area contributed by atoms with E-state index in [4.69, 9.17) is 4.74 Å². The van der Waals surface area contributed by atoms with Gasteiger partial charge in [-0.1, -0.05) is 62.6 Å². The van der Waals surface area contributed by atoms with Crippen LogP contribution in [0.25, 0.3) is 6.08 Å². The smallest absolute Gasteiger partial charge is 0.292 e. The monoisotopic (exact) mass is 477 g/mol. The minimum Gasteiger partial charge on any atom is -0.494 e.